The van der Waals surface area contributed by atoms with Crippen LogP contribution < -0.4 is 15.4 Å². The zero-order valence-electron chi connectivity index (χ0n) is 12.9. The summed E-state index contributed by atoms with van der Waals surface area (Å²) < 4.78 is 6.46. The van der Waals surface area contributed by atoms with Gasteiger partial charge in [0.2, 0.25) is 5.91 Å². The number of ether oxygens (including phenoxy) is 1. The highest BCUT2D eigenvalue weighted by molar-refractivity contribution is 9.10. The van der Waals surface area contributed by atoms with Crippen molar-refractivity contribution in [3.05, 3.63) is 52.5 Å². The van der Waals surface area contributed by atoms with E-state index in [1.165, 1.54) is 6.92 Å². The molecule has 0 unspecified atom stereocenters. The first-order valence-corrected chi connectivity index (χ1v) is 7.80. The first kappa shape index (κ1) is 17.0. The van der Waals surface area contributed by atoms with Crippen molar-refractivity contribution < 1.29 is 14.3 Å². The van der Waals surface area contributed by atoms with E-state index in [4.69, 9.17) is 4.74 Å². The van der Waals surface area contributed by atoms with Gasteiger partial charge in [0.1, 0.15) is 5.75 Å². The van der Waals surface area contributed by atoms with Gasteiger partial charge in [0.05, 0.1) is 0 Å². The summed E-state index contributed by atoms with van der Waals surface area (Å²) in [7, 11) is 0. The van der Waals surface area contributed by atoms with E-state index in [1.54, 1.807) is 30.3 Å². The summed E-state index contributed by atoms with van der Waals surface area (Å²) in [6.07, 6.45) is 0. The number of rotatable bonds is 5. The molecule has 0 saturated carbocycles. The van der Waals surface area contributed by atoms with Crippen LogP contribution in [0.4, 0.5) is 11.4 Å². The molecule has 120 valence electrons. The summed E-state index contributed by atoms with van der Waals surface area (Å²) in [5.74, 6) is 0.250. The normalized spacial score (nSPS) is 10.0. The predicted molar refractivity (Wildman–Crippen MR) is 93.7 cm³/mol. The SMILES string of the molecule is CC(=O)Nc1ccc(NC(=O)COc2ccc(Br)c(C)c2)cc1. The van der Waals surface area contributed by atoms with Crippen LogP contribution in [-0.4, -0.2) is 18.4 Å². The number of hydrogen-bond donors (Lipinski definition) is 2. The molecule has 0 aliphatic rings. The molecule has 0 aromatic heterocycles. The first-order valence-electron chi connectivity index (χ1n) is 7.00. The van der Waals surface area contributed by atoms with E-state index in [9.17, 15) is 9.59 Å². The molecular formula is C17H17BrN2O3. The quantitative estimate of drug-likeness (QED) is 0.835. The second-order valence-corrected chi connectivity index (χ2v) is 5.86. The van der Waals surface area contributed by atoms with E-state index in [-0.39, 0.29) is 18.4 Å². The molecule has 2 rings (SSSR count). The number of hydrogen-bond acceptors (Lipinski definition) is 3. The summed E-state index contributed by atoms with van der Waals surface area (Å²) in [6, 6.07) is 12.4. The van der Waals surface area contributed by atoms with Crippen LogP contribution in [0.15, 0.2) is 46.9 Å². The molecule has 0 fully saturated rings. The fraction of sp³-hybridized carbons (Fsp3) is 0.176. The zero-order chi connectivity index (χ0) is 16.8. The molecule has 2 N–H and O–H groups in total. The maximum Gasteiger partial charge on any atom is 0.262 e. The van der Waals surface area contributed by atoms with Crippen molar-refractivity contribution in [1.29, 1.82) is 0 Å². The number of anilines is 2. The van der Waals surface area contributed by atoms with Crippen molar-refractivity contribution >= 4 is 39.1 Å². The van der Waals surface area contributed by atoms with E-state index < -0.39 is 0 Å². The minimum atomic E-state index is -0.252. The Kier molecular flexibility index (Phi) is 5.76. The number of benzene rings is 2. The molecule has 0 radical (unpaired) electrons. The van der Waals surface area contributed by atoms with Crippen LogP contribution in [0.5, 0.6) is 5.75 Å². The van der Waals surface area contributed by atoms with Gasteiger partial charge in [-0.2, -0.15) is 0 Å². The molecule has 0 aliphatic heterocycles. The molecule has 5 nitrogen and oxygen atoms in total. The van der Waals surface area contributed by atoms with Crippen LogP contribution in [-0.2, 0) is 9.59 Å². The molecule has 0 aliphatic carbocycles. The Morgan fingerprint density at radius 2 is 1.65 bits per heavy atom. The summed E-state index contributed by atoms with van der Waals surface area (Å²) in [5, 5.41) is 5.39. The summed E-state index contributed by atoms with van der Waals surface area (Å²) in [5.41, 5.74) is 2.35. The fourth-order valence-electron chi connectivity index (χ4n) is 1.89. The van der Waals surface area contributed by atoms with Gasteiger partial charge in [-0.3, -0.25) is 9.59 Å². The summed E-state index contributed by atoms with van der Waals surface area (Å²) in [4.78, 5) is 22.8. The number of halogens is 1. The lowest BCUT2D eigenvalue weighted by atomic mass is 10.2. The second kappa shape index (κ2) is 7.78. The van der Waals surface area contributed by atoms with Crippen molar-refractivity contribution in [2.45, 2.75) is 13.8 Å². The lowest BCUT2D eigenvalue weighted by molar-refractivity contribution is -0.118. The average Bonchev–Trinajstić information content (AvgIpc) is 2.50. The van der Waals surface area contributed by atoms with Crippen molar-refractivity contribution in [2.75, 3.05) is 17.2 Å². The third kappa shape index (κ3) is 5.41. The van der Waals surface area contributed by atoms with Gasteiger partial charge in [0, 0.05) is 22.8 Å². The highest BCUT2D eigenvalue weighted by Gasteiger charge is 2.05. The van der Waals surface area contributed by atoms with Crippen molar-refractivity contribution in [3.63, 3.8) is 0 Å². The van der Waals surface area contributed by atoms with Gasteiger partial charge in [-0.1, -0.05) is 15.9 Å². The van der Waals surface area contributed by atoms with Crippen LogP contribution in [0.1, 0.15) is 12.5 Å². The monoisotopic (exact) mass is 376 g/mol. The molecule has 6 heteroatoms. The van der Waals surface area contributed by atoms with Crippen LogP contribution >= 0.6 is 15.9 Å². The Morgan fingerprint density at radius 1 is 1.04 bits per heavy atom. The number of nitrogens with one attached hydrogen (secondary N) is 2. The van der Waals surface area contributed by atoms with Crippen LogP contribution in [0.3, 0.4) is 0 Å². The van der Waals surface area contributed by atoms with Crippen molar-refractivity contribution in [1.82, 2.24) is 0 Å². The smallest absolute Gasteiger partial charge is 0.262 e. The van der Waals surface area contributed by atoms with Crippen LogP contribution in [0.2, 0.25) is 0 Å². The van der Waals surface area contributed by atoms with Crippen molar-refractivity contribution in [2.24, 2.45) is 0 Å². The Labute approximate surface area is 143 Å². The Morgan fingerprint density at radius 3 is 2.22 bits per heavy atom. The lowest BCUT2D eigenvalue weighted by Gasteiger charge is -2.09. The van der Waals surface area contributed by atoms with Gasteiger partial charge in [-0.25, -0.2) is 0 Å². The van der Waals surface area contributed by atoms with Gasteiger partial charge in [-0.15, -0.1) is 0 Å². The van der Waals surface area contributed by atoms with Gasteiger partial charge in [0.25, 0.3) is 5.91 Å². The molecule has 2 amide bonds. The fourth-order valence-corrected chi connectivity index (χ4v) is 2.14. The highest BCUT2D eigenvalue weighted by atomic mass is 79.9. The topological polar surface area (TPSA) is 67.4 Å². The van der Waals surface area contributed by atoms with E-state index in [0.717, 1.165) is 10.0 Å². The van der Waals surface area contributed by atoms with E-state index in [1.807, 2.05) is 19.1 Å². The highest BCUT2D eigenvalue weighted by Crippen LogP contribution is 2.21. The lowest BCUT2D eigenvalue weighted by Crippen LogP contribution is -2.20. The molecule has 0 heterocycles. The van der Waals surface area contributed by atoms with Crippen LogP contribution in [0, 0.1) is 6.92 Å². The van der Waals surface area contributed by atoms with Gasteiger partial charge >= 0.3 is 0 Å². The molecular weight excluding hydrogens is 360 g/mol. The van der Waals surface area contributed by atoms with E-state index in [0.29, 0.717) is 17.1 Å². The molecule has 0 spiro atoms. The molecule has 0 bridgehead atoms. The maximum atomic E-state index is 11.9. The minimum absolute atomic E-state index is 0.0749. The molecule has 23 heavy (non-hydrogen) atoms. The third-order valence-corrected chi connectivity index (χ3v) is 3.88. The maximum absolute atomic E-state index is 11.9. The largest absolute Gasteiger partial charge is 0.484 e. The van der Waals surface area contributed by atoms with Crippen molar-refractivity contribution in [3.8, 4) is 5.75 Å². The number of aryl methyl sites for hydroxylation is 1. The number of carbonyl (C=O) groups is 2. The first-order chi connectivity index (χ1) is 10.9. The molecule has 0 atom stereocenters. The van der Waals surface area contributed by atoms with Gasteiger partial charge in [0.15, 0.2) is 6.61 Å². The van der Waals surface area contributed by atoms with Gasteiger partial charge in [-0.05, 0) is 55.0 Å². The predicted octanol–water partition coefficient (Wildman–Crippen LogP) is 3.73. The molecule has 2 aromatic rings. The summed E-state index contributed by atoms with van der Waals surface area (Å²) >= 11 is 3.41. The average molecular weight is 377 g/mol. The Balaban J connectivity index is 1.86. The zero-order valence-corrected chi connectivity index (χ0v) is 14.4. The molecule has 0 saturated heterocycles. The Hall–Kier alpha value is -2.34. The van der Waals surface area contributed by atoms with Crippen LogP contribution in [0.25, 0.3) is 0 Å². The minimum Gasteiger partial charge on any atom is -0.484 e. The van der Waals surface area contributed by atoms with Gasteiger partial charge < -0.3 is 15.4 Å². The number of carbonyl (C=O) groups excluding carboxylic acids is 2. The van der Waals surface area contributed by atoms with E-state index in [2.05, 4.69) is 26.6 Å². The van der Waals surface area contributed by atoms with E-state index >= 15 is 0 Å². The standard InChI is InChI=1S/C17H17BrN2O3/c1-11-9-15(7-8-16(11)18)23-10-17(22)20-14-5-3-13(4-6-14)19-12(2)21/h3-9H,10H2,1-2H3,(H,19,21)(H,20,22). The second-order valence-electron chi connectivity index (χ2n) is 5.01. The molecule has 2 aromatic carbocycles. The number of amides is 2. The third-order valence-electron chi connectivity index (χ3n) is 2.99. The Bertz CT molecular complexity index is 714. The summed E-state index contributed by atoms with van der Waals surface area (Å²) in [6.45, 7) is 3.32.